The zero-order valence-corrected chi connectivity index (χ0v) is 12.7. The fourth-order valence-electron chi connectivity index (χ4n) is 1.67. The van der Waals surface area contributed by atoms with Gasteiger partial charge in [-0.3, -0.25) is 9.59 Å². The van der Waals surface area contributed by atoms with Crippen LogP contribution in [0.15, 0.2) is 22.7 Å². The van der Waals surface area contributed by atoms with E-state index in [9.17, 15) is 9.59 Å². The Bertz CT molecular complexity index is 474. The van der Waals surface area contributed by atoms with Crippen molar-refractivity contribution < 1.29 is 14.7 Å². The van der Waals surface area contributed by atoms with Crippen LogP contribution < -0.4 is 5.32 Å². The Labute approximate surface area is 121 Å². The zero-order chi connectivity index (χ0) is 14.4. The van der Waals surface area contributed by atoms with Crippen molar-refractivity contribution in [3.63, 3.8) is 0 Å². The van der Waals surface area contributed by atoms with Crippen molar-refractivity contribution in [3.8, 4) is 0 Å². The minimum Gasteiger partial charge on any atom is -0.481 e. The predicted molar refractivity (Wildman–Crippen MR) is 77.2 cm³/mol. The zero-order valence-electron chi connectivity index (χ0n) is 11.1. The van der Waals surface area contributed by atoms with E-state index in [1.165, 1.54) is 0 Å². The monoisotopic (exact) mass is 327 g/mol. The Morgan fingerprint density at radius 3 is 2.74 bits per heavy atom. The molecular weight excluding hydrogens is 310 g/mol. The van der Waals surface area contributed by atoms with Gasteiger partial charge in [0.1, 0.15) is 0 Å². The molecule has 0 aromatic heterocycles. The summed E-state index contributed by atoms with van der Waals surface area (Å²) in [5.74, 6) is -0.783. The van der Waals surface area contributed by atoms with E-state index in [0.29, 0.717) is 18.5 Å². The van der Waals surface area contributed by atoms with E-state index >= 15 is 0 Å². The molecule has 5 heteroatoms. The van der Waals surface area contributed by atoms with E-state index in [1.807, 2.05) is 26.0 Å². The SMILES string of the molecule is Cc1ccc(Br)cc1C(=O)NCC(C)CCC(=O)O. The van der Waals surface area contributed by atoms with Crippen LogP contribution in [-0.2, 0) is 4.79 Å². The first-order chi connectivity index (χ1) is 8.90. The standard InChI is InChI=1S/C14H18BrNO3/c1-9(3-6-13(17)18)8-16-14(19)12-7-11(15)5-4-10(12)2/h4-5,7,9H,3,6,8H2,1-2H3,(H,16,19)(H,17,18). The van der Waals surface area contributed by atoms with Gasteiger partial charge in [0.05, 0.1) is 0 Å². The number of nitrogens with one attached hydrogen (secondary N) is 1. The van der Waals surface area contributed by atoms with Crippen molar-refractivity contribution in [3.05, 3.63) is 33.8 Å². The van der Waals surface area contributed by atoms with Crippen molar-refractivity contribution in [2.75, 3.05) is 6.54 Å². The maximum absolute atomic E-state index is 12.0. The van der Waals surface area contributed by atoms with Crippen LogP contribution in [-0.4, -0.2) is 23.5 Å². The van der Waals surface area contributed by atoms with Gasteiger partial charge < -0.3 is 10.4 Å². The number of benzene rings is 1. The molecule has 0 saturated heterocycles. The van der Waals surface area contributed by atoms with Gasteiger partial charge >= 0.3 is 5.97 Å². The maximum Gasteiger partial charge on any atom is 0.303 e. The smallest absolute Gasteiger partial charge is 0.303 e. The number of aryl methyl sites for hydroxylation is 1. The van der Waals surface area contributed by atoms with Crippen LogP contribution in [0.3, 0.4) is 0 Å². The van der Waals surface area contributed by atoms with Crippen molar-refractivity contribution in [2.45, 2.75) is 26.7 Å². The molecule has 1 rings (SSSR count). The second-order valence-electron chi connectivity index (χ2n) is 4.71. The molecule has 0 aliphatic rings. The summed E-state index contributed by atoms with van der Waals surface area (Å²) >= 11 is 3.34. The summed E-state index contributed by atoms with van der Waals surface area (Å²) in [4.78, 5) is 22.5. The lowest BCUT2D eigenvalue weighted by atomic mass is 10.0. The summed E-state index contributed by atoms with van der Waals surface area (Å²) in [6, 6.07) is 5.56. The lowest BCUT2D eigenvalue weighted by molar-refractivity contribution is -0.137. The van der Waals surface area contributed by atoms with Gasteiger partial charge in [-0.05, 0) is 37.0 Å². The molecule has 2 N–H and O–H groups in total. The molecule has 0 saturated carbocycles. The van der Waals surface area contributed by atoms with Crippen molar-refractivity contribution in [2.24, 2.45) is 5.92 Å². The molecule has 1 aromatic carbocycles. The third-order valence-electron chi connectivity index (χ3n) is 2.91. The number of amides is 1. The molecule has 0 aliphatic heterocycles. The van der Waals surface area contributed by atoms with Gasteiger partial charge in [-0.25, -0.2) is 0 Å². The highest BCUT2D eigenvalue weighted by atomic mass is 79.9. The normalized spacial score (nSPS) is 11.9. The van der Waals surface area contributed by atoms with E-state index in [4.69, 9.17) is 5.11 Å². The first kappa shape index (κ1) is 15.7. The molecule has 0 aliphatic carbocycles. The van der Waals surface area contributed by atoms with Crippen molar-refractivity contribution >= 4 is 27.8 Å². The molecule has 1 aromatic rings. The third-order valence-corrected chi connectivity index (χ3v) is 3.40. The summed E-state index contributed by atoms with van der Waals surface area (Å²) in [5.41, 5.74) is 1.55. The first-order valence-corrected chi connectivity index (χ1v) is 6.95. The van der Waals surface area contributed by atoms with Crippen LogP contribution in [0.1, 0.15) is 35.7 Å². The Morgan fingerprint density at radius 1 is 1.42 bits per heavy atom. The third kappa shape index (κ3) is 5.42. The maximum atomic E-state index is 12.0. The van der Waals surface area contributed by atoms with Crippen molar-refractivity contribution in [1.82, 2.24) is 5.32 Å². The van der Waals surface area contributed by atoms with Gasteiger partial charge in [-0.15, -0.1) is 0 Å². The molecule has 4 nitrogen and oxygen atoms in total. The Morgan fingerprint density at radius 2 is 2.11 bits per heavy atom. The molecule has 0 heterocycles. The lowest BCUT2D eigenvalue weighted by Gasteiger charge is -2.12. The molecule has 0 fully saturated rings. The molecule has 0 bridgehead atoms. The summed E-state index contributed by atoms with van der Waals surface area (Å²) in [6.45, 7) is 4.30. The number of aliphatic carboxylic acids is 1. The number of hydrogen-bond acceptors (Lipinski definition) is 2. The molecule has 0 spiro atoms. The largest absolute Gasteiger partial charge is 0.481 e. The summed E-state index contributed by atoms with van der Waals surface area (Å²) < 4.78 is 0.863. The Balaban J connectivity index is 2.51. The van der Waals surface area contributed by atoms with E-state index < -0.39 is 5.97 Å². The number of rotatable bonds is 6. The van der Waals surface area contributed by atoms with Crippen molar-refractivity contribution in [1.29, 1.82) is 0 Å². The molecule has 1 atom stereocenters. The molecule has 104 valence electrons. The number of carbonyl (C=O) groups is 2. The minimum atomic E-state index is -0.805. The minimum absolute atomic E-state index is 0.124. The van der Waals surface area contributed by atoms with Gasteiger partial charge in [-0.2, -0.15) is 0 Å². The fourth-order valence-corrected chi connectivity index (χ4v) is 2.03. The lowest BCUT2D eigenvalue weighted by Crippen LogP contribution is -2.29. The molecule has 0 radical (unpaired) electrons. The number of carboxylic acid groups (broad SMARTS) is 1. The van der Waals surface area contributed by atoms with Gasteiger partial charge in [0.25, 0.3) is 5.91 Å². The summed E-state index contributed by atoms with van der Waals surface area (Å²) in [7, 11) is 0. The molecule has 1 amide bonds. The topological polar surface area (TPSA) is 66.4 Å². The van der Waals surface area contributed by atoms with Gasteiger partial charge in [0.15, 0.2) is 0 Å². The van der Waals surface area contributed by atoms with Crippen LogP contribution in [0.25, 0.3) is 0 Å². The summed E-state index contributed by atoms with van der Waals surface area (Å²) in [5, 5.41) is 11.4. The predicted octanol–water partition coefficient (Wildman–Crippen LogP) is 2.99. The van der Waals surface area contributed by atoms with Crippen LogP contribution in [0, 0.1) is 12.8 Å². The number of carbonyl (C=O) groups excluding carboxylic acids is 1. The van der Waals surface area contributed by atoms with Crippen LogP contribution >= 0.6 is 15.9 Å². The van der Waals surface area contributed by atoms with E-state index in [2.05, 4.69) is 21.2 Å². The number of halogens is 1. The highest BCUT2D eigenvalue weighted by molar-refractivity contribution is 9.10. The molecule has 19 heavy (non-hydrogen) atoms. The second kappa shape index (κ2) is 7.28. The average molecular weight is 328 g/mol. The van der Waals surface area contributed by atoms with E-state index in [0.717, 1.165) is 10.0 Å². The number of hydrogen-bond donors (Lipinski definition) is 2. The first-order valence-electron chi connectivity index (χ1n) is 6.16. The highest BCUT2D eigenvalue weighted by Crippen LogP contribution is 2.16. The number of carboxylic acids is 1. The van der Waals surface area contributed by atoms with Crippen LogP contribution in [0.4, 0.5) is 0 Å². The highest BCUT2D eigenvalue weighted by Gasteiger charge is 2.11. The van der Waals surface area contributed by atoms with Crippen LogP contribution in [0.2, 0.25) is 0 Å². The van der Waals surface area contributed by atoms with Gasteiger partial charge in [-0.1, -0.05) is 28.9 Å². The molecular formula is C14H18BrNO3. The summed E-state index contributed by atoms with van der Waals surface area (Å²) in [6.07, 6.45) is 0.694. The van der Waals surface area contributed by atoms with Gasteiger partial charge in [0.2, 0.25) is 0 Å². The average Bonchev–Trinajstić information content (AvgIpc) is 2.36. The van der Waals surface area contributed by atoms with E-state index in [-0.39, 0.29) is 18.2 Å². The quantitative estimate of drug-likeness (QED) is 0.844. The molecule has 1 unspecified atom stereocenters. The Kier molecular flexibility index (Phi) is 6.02. The Hall–Kier alpha value is -1.36. The van der Waals surface area contributed by atoms with Gasteiger partial charge in [0, 0.05) is 23.0 Å². The van der Waals surface area contributed by atoms with Crippen LogP contribution in [0.5, 0.6) is 0 Å². The fraction of sp³-hybridized carbons (Fsp3) is 0.429. The second-order valence-corrected chi connectivity index (χ2v) is 5.62. The van der Waals surface area contributed by atoms with E-state index in [1.54, 1.807) is 6.07 Å².